The molecule has 0 saturated heterocycles. The highest BCUT2D eigenvalue weighted by Crippen LogP contribution is 2.67. The first-order chi connectivity index (χ1) is 43.9. The molecule has 4 aliphatic carbocycles. The maximum Gasteiger partial charge on any atom is 0.269 e. The van der Waals surface area contributed by atoms with Crippen molar-refractivity contribution < 1.29 is 38.7 Å². The molecule has 10 atom stereocenters. The number of methoxy groups -OCH3 is 1. The molecule has 3 fully saturated rings. The van der Waals surface area contributed by atoms with Crippen LogP contribution in [-0.2, 0) is 42.5 Å². The van der Waals surface area contributed by atoms with Gasteiger partial charge in [-0.15, -0.1) is 0 Å². The summed E-state index contributed by atoms with van der Waals surface area (Å²) in [5, 5.41) is 36.8. The standard InChI is InChI=1S/C76H100N6O9/c1-52(2)17-15-18-53(3)65-38-39-66-64-37-30-59-50-63(42-44-74(59,4)67(64)43-45-75(65,66)5)91-48-16-46-77-70(84)40-41-71(85)80-69(49-54-26-33-61(34-27-54)82(88)89)73(87)81-68(72(86)79-60-31-24-55(51-83)25-32-60)23-13-14-47-78-76(56-19-9-7-10-20-56,57-21-11-8-12-22-57)58-28-35-62(90-6)36-29-58/h7-12,19-22,24-36,52-53,63-69,78,83H,13-18,23,37-51H2,1-6H3,(H,77,84)(H,79,86)(H,80,85)(H,81,87). The number of hydrogen-bond acceptors (Lipinski definition) is 10. The molecule has 5 aromatic carbocycles. The van der Waals surface area contributed by atoms with E-state index < -0.39 is 40.3 Å². The second-order valence-corrected chi connectivity index (χ2v) is 27.5. The Kier molecular flexibility index (Phi) is 23.9. The van der Waals surface area contributed by atoms with Crippen LogP contribution in [0.4, 0.5) is 11.4 Å². The first-order valence-corrected chi connectivity index (χ1v) is 33.9. The molecule has 10 unspecified atom stereocenters. The van der Waals surface area contributed by atoms with Gasteiger partial charge < -0.3 is 35.8 Å². The number of ether oxygens (including phenoxy) is 2. The van der Waals surface area contributed by atoms with E-state index in [1.54, 1.807) is 36.9 Å². The number of anilines is 1. The summed E-state index contributed by atoms with van der Waals surface area (Å²) in [6.07, 6.45) is 18.3. The zero-order valence-electron chi connectivity index (χ0n) is 54.7. The molecule has 0 radical (unpaired) electrons. The largest absolute Gasteiger partial charge is 0.497 e. The van der Waals surface area contributed by atoms with Crippen molar-refractivity contribution in [1.29, 1.82) is 0 Å². The van der Waals surface area contributed by atoms with Gasteiger partial charge in [-0.05, 0) is 182 Å². The van der Waals surface area contributed by atoms with Crippen LogP contribution < -0.4 is 31.3 Å². The number of aliphatic hydroxyl groups is 1. The summed E-state index contributed by atoms with van der Waals surface area (Å²) >= 11 is 0. The molecule has 5 aromatic rings. The molecule has 0 aromatic heterocycles. The van der Waals surface area contributed by atoms with Gasteiger partial charge in [-0.2, -0.15) is 0 Å². The van der Waals surface area contributed by atoms with Gasteiger partial charge in [0, 0.05) is 50.2 Å². The molecule has 15 heteroatoms. The number of benzene rings is 5. The minimum atomic E-state index is -1.21. The van der Waals surface area contributed by atoms with Crippen LogP contribution in [-0.4, -0.2) is 78.7 Å². The topological polar surface area (TPSA) is 210 Å². The predicted molar refractivity (Wildman–Crippen MR) is 359 cm³/mol. The lowest BCUT2D eigenvalue weighted by Gasteiger charge is -2.58. The van der Waals surface area contributed by atoms with E-state index in [1.807, 2.05) is 48.5 Å². The Bertz CT molecular complexity index is 3170. The monoisotopic (exact) mass is 1240 g/mol. The van der Waals surface area contributed by atoms with Crippen LogP contribution in [0.25, 0.3) is 0 Å². The molecule has 3 saturated carbocycles. The summed E-state index contributed by atoms with van der Waals surface area (Å²) in [5.74, 6) is 3.58. The molecule has 0 aliphatic heterocycles. The number of fused-ring (bicyclic) bond motifs is 5. The number of aliphatic hydroxyl groups excluding tert-OH is 1. The van der Waals surface area contributed by atoms with E-state index in [0.29, 0.717) is 61.2 Å². The van der Waals surface area contributed by atoms with Gasteiger partial charge in [0.15, 0.2) is 0 Å². The number of carbonyl (C=O) groups excluding carboxylic acids is 4. The average Bonchev–Trinajstić information content (AvgIpc) is 1.70. The minimum Gasteiger partial charge on any atom is -0.497 e. The highest BCUT2D eigenvalue weighted by molar-refractivity contribution is 5.98. The van der Waals surface area contributed by atoms with Crippen LogP contribution >= 0.6 is 0 Å². The lowest BCUT2D eigenvalue weighted by atomic mass is 9.47. The van der Waals surface area contributed by atoms with E-state index in [1.165, 1.54) is 75.6 Å². The van der Waals surface area contributed by atoms with Gasteiger partial charge in [0.05, 0.1) is 30.3 Å². The lowest BCUT2D eigenvalue weighted by molar-refractivity contribution is -0.384. The molecule has 488 valence electrons. The molecular formula is C76H100N6O9. The van der Waals surface area contributed by atoms with Crippen LogP contribution in [0.5, 0.6) is 5.75 Å². The van der Waals surface area contributed by atoms with Crippen LogP contribution in [0.3, 0.4) is 0 Å². The van der Waals surface area contributed by atoms with Crippen molar-refractivity contribution in [3.05, 3.63) is 183 Å². The van der Waals surface area contributed by atoms with Gasteiger partial charge in [-0.25, -0.2) is 0 Å². The lowest BCUT2D eigenvalue weighted by Crippen LogP contribution is -2.53. The number of unbranched alkanes of at least 4 members (excludes halogenated alkanes) is 1. The maximum absolute atomic E-state index is 14.6. The SMILES string of the molecule is COc1ccc(C(NCCCCC(NC(=O)C(Cc2ccc([N+](=O)[O-])cc2)NC(=O)CCC(=O)NCCCOC2CCC3(C)C(=CCC4C3CCC3(C)C(C(C)CCCC(C)C)CCC43)C2)C(=O)Nc2ccc(CO)cc2)(c2ccccc2)c2ccccc2)cc1. The quantitative estimate of drug-likeness (QED) is 0.00789. The number of nitro benzene ring substituents is 1. The molecule has 91 heavy (non-hydrogen) atoms. The molecule has 0 bridgehead atoms. The Morgan fingerprint density at radius 1 is 0.681 bits per heavy atom. The van der Waals surface area contributed by atoms with Crippen molar-refractivity contribution in [1.82, 2.24) is 21.3 Å². The maximum atomic E-state index is 14.6. The van der Waals surface area contributed by atoms with Gasteiger partial charge in [0.2, 0.25) is 23.6 Å². The smallest absolute Gasteiger partial charge is 0.269 e. The average molecular weight is 1240 g/mol. The third kappa shape index (κ3) is 16.9. The van der Waals surface area contributed by atoms with Crippen molar-refractivity contribution >= 4 is 35.0 Å². The zero-order chi connectivity index (χ0) is 64.5. The normalized spacial score (nSPS) is 22.9. The number of carbonyl (C=O) groups is 4. The Balaban J connectivity index is 0.786. The van der Waals surface area contributed by atoms with Crippen molar-refractivity contribution in [2.24, 2.45) is 46.3 Å². The van der Waals surface area contributed by atoms with E-state index in [4.69, 9.17) is 9.47 Å². The third-order valence-corrected chi connectivity index (χ3v) is 21.4. The predicted octanol–water partition coefficient (Wildman–Crippen LogP) is 13.7. The first-order valence-electron chi connectivity index (χ1n) is 33.9. The molecule has 4 aliphatic rings. The van der Waals surface area contributed by atoms with Gasteiger partial charge >= 0.3 is 0 Å². The van der Waals surface area contributed by atoms with E-state index in [-0.39, 0.29) is 55.4 Å². The van der Waals surface area contributed by atoms with Crippen molar-refractivity contribution in [3.8, 4) is 5.75 Å². The summed E-state index contributed by atoms with van der Waals surface area (Å²) in [6, 6.07) is 38.6. The van der Waals surface area contributed by atoms with Crippen molar-refractivity contribution in [2.45, 2.75) is 181 Å². The number of nitrogens with zero attached hydrogens (tertiary/aromatic N) is 1. The Morgan fingerprint density at radius 3 is 2.01 bits per heavy atom. The van der Waals surface area contributed by atoms with Crippen LogP contribution in [0.1, 0.15) is 172 Å². The summed E-state index contributed by atoms with van der Waals surface area (Å²) in [4.78, 5) is 67.0. The fourth-order valence-electron chi connectivity index (χ4n) is 16.4. The summed E-state index contributed by atoms with van der Waals surface area (Å²) < 4.78 is 12.0. The van der Waals surface area contributed by atoms with Crippen molar-refractivity contribution in [2.75, 3.05) is 32.1 Å². The molecule has 6 N–H and O–H groups in total. The molecule has 0 heterocycles. The number of nitrogens with one attached hydrogen (secondary N) is 5. The molecule has 15 nitrogen and oxygen atoms in total. The Morgan fingerprint density at radius 2 is 1.35 bits per heavy atom. The van der Waals surface area contributed by atoms with E-state index in [0.717, 1.165) is 77.2 Å². The summed E-state index contributed by atoms with van der Waals surface area (Å²) in [7, 11) is 1.64. The van der Waals surface area contributed by atoms with Crippen LogP contribution in [0.2, 0.25) is 0 Å². The highest BCUT2D eigenvalue weighted by atomic mass is 16.6. The number of allylic oxidation sites excluding steroid dienone is 1. The number of amides is 4. The molecular weight excluding hydrogens is 1140 g/mol. The number of non-ortho nitro benzene ring substituents is 1. The summed E-state index contributed by atoms with van der Waals surface area (Å²) in [5.41, 5.74) is 6.15. The second-order valence-electron chi connectivity index (χ2n) is 27.5. The van der Waals surface area contributed by atoms with E-state index >= 15 is 0 Å². The fourth-order valence-corrected chi connectivity index (χ4v) is 16.4. The summed E-state index contributed by atoms with van der Waals surface area (Å²) in [6.45, 7) is 13.8. The first kappa shape index (κ1) is 68.2. The second kappa shape index (κ2) is 31.9. The fraction of sp³-hybridized carbons (Fsp3) is 0.526. The van der Waals surface area contributed by atoms with E-state index in [9.17, 15) is 34.4 Å². The number of hydrogen-bond donors (Lipinski definition) is 6. The number of nitro groups is 1. The highest BCUT2D eigenvalue weighted by Gasteiger charge is 2.59. The van der Waals surface area contributed by atoms with Gasteiger partial charge in [-0.1, -0.05) is 163 Å². The molecule has 0 spiro atoms. The third-order valence-electron chi connectivity index (χ3n) is 21.4. The number of rotatable bonds is 32. The Hall–Kier alpha value is -7.20. The van der Waals surface area contributed by atoms with Crippen LogP contribution in [0, 0.1) is 56.5 Å². The minimum absolute atomic E-state index is 0.0493. The zero-order valence-corrected chi connectivity index (χ0v) is 54.7. The Labute approximate surface area is 540 Å². The van der Waals surface area contributed by atoms with Gasteiger partial charge in [0.1, 0.15) is 17.8 Å². The molecule has 9 rings (SSSR count). The molecule has 4 amide bonds. The van der Waals surface area contributed by atoms with Gasteiger partial charge in [0.25, 0.3) is 5.69 Å². The van der Waals surface area contributed by atoms with Crippen LogP contribution in [0.15, 0.2) is 145 Å². The van der Waals surface area contributed by atoms with E-state index in [2.05, 4.69) is 104 Å². The van der Waals surface area contributed by atoms with Crippen molar-refractivity contribution in [3.63, 3.8) is 0 Å². The van der Waals surface area contributed by atoms with Gasteiger partial charge in [-0.3, -0.25) is 34.6 Å².